The lowest BCUT2D eigenvalue weighted by atomic mass is 10.1. The van der Waals surface area contributed by atoms with Gasteiger partial charge in [0.15, 0.2) is 0 Å². The quantitative estimate of drug-likeness (QED) is 0.612. The number of unbranched alkanes of at least 4 members (excludes halogenated alkanes) is 1. The van der Waals surface area contributed by atoms with Crippen LogP contribution in [0.5, 0.6) is 0 Å². The second-order valence-electron chi connectivity index (χ2n) is 5.52. The Balaban J connectivity index is 3.82. The van der Waals surface area contributed by atoms with Gasteiger partial charge >= 0.3 is 12.1 Å². The maximum Gasteiger partial charge on any atom is 0.407 e. The minimum absolute atomic E-state index is 0.324. The zero-order valence-electron chi connectivity index (χ0n) is 12.5. The van der Waals surface area contributed by atoms with Crippen molar-refractivity contribution in [2.75, 3.05) is 6.54 Å². The van der Waals surface area contributed by atoms with Crippen molar-refractivity contribution in [2.24, 2.45) is 0 Å². The van der Waals surface area contributed by atoms with Crippen molar-refractivity contribution in [3.8, 4) is 0 Å². The highest BCUT2D eigenvalue weighted by molar-refractivity contribution is 5.81. The number of alkyl carbamates (subject to hydrolysis) is 1. The first kappa shape index (κ1) is 18.2. The van der Waals surface area contributed by atoms with Gasteiger partial charge in [-0.15, -0.1) is 0 Å². The molecule has 0 aliphatic rings. The Labute approximate surface area is 119 Å². The Morgan fingerprint density at radius 3 is 2.25 bits per heavy atom. The molecule has 0 heterocycles. The van der Waals surface area contributed by atoms with Crippen LogP contribution in [0.25, 0.3) is 0 Å². The number of carbonyl (C=O) groups is 3. The first-order chi connectivity index (χ1) is 9.11. The largest absolute Gasteiger partial charge is 0.480 e. The van der Waals surface area contributed by atoms with E-state index in [1.54, 1.807) is 20.8 Å². The van der Waals surface area contributed by atoms with Gasteiger partial charge in [-0.3, -0.25) is 4.79 Å². The van der Waals surface area contributed by atoms with E-state index in [0.717, 1.165) is 0 Å². The summed E-state index contributed by atoms with van der Waals surface area (Å²) in [6.07, 6.45) is 1.02. The predicted molar refractivity (Wildman–Crippen MR) is 73.3 cm³/mol. The summed E-state index contributed by atoms with van der Waals surface area (Å²) in [6.45, 7) is 7.01. The van der Waals surface area contributed by atoms with E-state index in [4.69, 9.17) is 9.84 Å². The number of aliphatic carboxylic acids is 1. The van der Waals surface area contributed by atoms with Crippen molar-refractivity contribution in [3.05, 3.63) is 0 Å². The highest BCUT2D eigenvalue weighted by Crippen LogP contribution is 2.06. The van der Waals surface area contributed by atoms with Gasteiger partial charge in [0, 0.05) is 13.5 Å². The molecule has 0 aromatic carbocycles. The number of hydrogen-bond donors (Lipinski definition) is 3. The summed E-state index contributed by atoms with van der Waals surface area (Å²) in [7, 11) is 0. The molecule has 116 valence electrons. The van der Waals surface area contributed by atoms with Crippen LogP contribution in [0.2, 0.25) is 0 Å². The average Bonchev–Trinajstić information content (AvgIpc) is 2.23. The second kappa shape index (κ2) is 8.39. The van der Waals surface area contributed by atoms with Gasteiger partial charge in [0.1, 0.15) is 11.6 Å². The van der Waals surface area contributed by atoms with E-state index >= 15 is 0 Å². The monoisotopic (exact) mass is 288 g/mol. The van der Waals surface area contributed by atoms with Gasteiger partial charge in [0.25, 0.3) is 0 Å². The smallest absolute Gasteiger partial charge is 0.407 e. The van der Waals surface area contributed by atoms with Crippen LogP contribution in [-0.2, 0) is 14.3 Å². The lowest BCUT2D eigenvalue weighted by Gasteiger charge is -2.19. The molecule has 0 aliphatic heterocycles. The average molecular weight is 288 g/mol. The molecule has 0 aromatic rings. The summed E-state index contributed by atoms with van der Waals surface area (Å²) < 4.78 is 5.06. The maximum absolute atomic E-state index is 11.3. The summed E-state index contributed by atoms with van der Waals surface area (Å²) in [5.41, 5.74) is -0.538. The third-order valence-electron chi connectivity index (χ3n) is 2.26. The molecule has 1 atom stereocenters. The third kappa shape index (κ3) is 10.2. The topological polar surface area (TPSA) is 105 Å². The van der Waals surface area contributed by atoms with Gasteiger partial charge in [0.05, 0.1) is 0 Å². The van der Waals surface area contributed by atoms with E-state index in [0.29, 0.717) is 25.8 Å². The summed E-state index contributed by atoms with van der Waals surface area (Å²) in [6, 6.07) is -0.881. The number of amides is 2. The van der Waals surface area contributed by atoms with E-state index in [1.165, 1.54) is 6.92 Å². The molecule has 20 heavy (non-hydrogen) atoms. The number of hydrogen-bond acceptors (Lipinski definition) is 4. The standard InChI is InChI=1S/C13H24N2O5/c1-9(16)15-10(11(17)18)7-5-6-8-14-12(19)20-13(2,3)4/h10H,5-8H2,1-4H3,(H,14,19)(H,15,16)(H,17,18)/t10-/m1/s1. The van der Waals surface area contributed by atoms with Crippen molar-refractivity contribution >= 4 is 18.0 Å². The van der Waals surface area contributed by atoms with Gasteiger partial charge < -0.3 is 20.5 Å². The summed E-state index contributed by atoms with van der Waals surface area (Å²) in [5.74, 6) is -1.43. The fourth-order valence-electron chi connectivity index (χ4n) is 1.48. The SMILES string of the molecule is CC(=O)N[C@H](CCCCNC(=O)OC(C)(C)C)C(=O)O. The molecule has 0 fully saturated rings. The maximum atomic E-state index is 11.3. The molecule has 0 saturated heterocycles. The first-order valence-electron chi connectivity index (χ1n) is 6.58. The van der Waals surface area contributed by atoms with Crippen LogP contribution in [0, 0.1) is 0 Å². The summed E-state index contributed by atoms with van der Waals surface area (Å²) in [5, 5.41) is 13.8. The Morgan fingerprint density at radius 1 is 1.20 bits per heavy atom. The van der Waals surface area contributed by atoms with Gasteiger partial charge in [0.2, 0.25) is 5.91 Å². The van der Waals surface area contributed by atoms with E-state index < -0.39 is 23.7 Å². The molecule has 0 aliphatic carbocycles. The third-order valence-corrected chi connectivity index (χ3v) is 2.26. The van der Waals surface area contributed by atoms with Gasteiger partial charge in [-0.05, 0) is 40.0 Å². The molecule has 0 saturated carbocycles. The normalized spacial score (nSPS) is 12.4. The number of carboxylic acid groups (broad SMARTS) is 1. The molecule has 2 amide bonds. The molecule has 0 spiro atoms. The van der Waals surface area contributed by atoms with Gasteiger partial charge in [-0.1, -0.05) is 0 Å². The lowest BCUT2D eigenvalue weighted by molar-refractivity contribution is -0.141. The van der Waals surface area contributed by atoms with Crippen molar-refractivity contribution in [3.63, 3.8) is 0 Å². The Hall–Kier alpha value is -1.79. The molecule has 0 unspecified atom stereocenters. The number of nitrogens with one attached hydrogen (secondary N) is 2. The number of ether oxygens (including phenoxy) is 1. The zero-order valence-corrected chi connectivity index (χ0v) is 12.5. The lowest BCUT2D eigenvalue weighted by Crippen LogP contribution is -2.39. The Bertz CT molecular complexity index is 349. The molecule has 0 aromatic heterocycles. The number of rotatable bonds is 7. The minimum Gasteiger partial charge on any atom is -0.480 e. The molecule has 3 N–H and O–H groups in total. The first-order valence-corrected chi connectivity index (χ1v) is 6.58. The highest BCUT2D eigenvalue weighted by Gasteiger charge is 2.18. The fourth-order valence-corrected chi connectivity index (χ4v) is 1.48. The fraction of sp³-hybridized carbons (Fsp3) is 0.769. The molecule has 0 bridgehead atoms. The van der Waals surface area contributed by atoms with Crippen molar-refractivity contribution in [2.45, 2.75) is 58.6 Å². The Morgan fingerprint density at radius 2 is 1.80 bits per heavy atom. The molecule has 7 nitrogen and oxygen atoms in total. The van der Waals surface area contributed by atoms with Gasteiger partial charge in [-0.25, -0.2) is 9.59 Å². The van der Waals surface area contributed by atoms with Crippen LogP contribution in [-0.4, -0.2) is 41.3 Å². The van der Waals surface area contributed by atoms with Crippen molar-refractivity contribution < 1.29 is 24.2 Å². The van der Waals surface area contributed by atoms with Crippen molar-refractivity contribution in [1.29, 1.82) is 0 Å². The van der Waals surface area contributed by atoms with Crippen LogP contribution in [0.1, 0.15) is 47.0 Å². The van der Waals surface area contributed by atoms with Crippen LogP contribution in [0.4, 0.5) is 4.79 Å². The van der Waals surface area contributed by atoms with Crippen LogP contribution in [0.15, 0.2) is 0 Å². The molecular weight excluding hydrogens is 264 g/mol. The predicted octanol–water partition coefficient (Wildman–Crippen LogP) is 1.27. The summed E-state index contributed by atoms with van der Waals surface area (Å²) >= 11 is 0. The molecule has 7 heteroatoms. The van der Waals surface area contributed by atoms with E-state index in [1.807, 2.05) is 0 Å². The summed E-state index contributed by atoms with van der Waals surface area (Å²) in [4.78, 5) is 33.0. The van der Waals surface area contributed by atoms with E-state index in [9.17, 15) is 14.4 Å². The van der Waals surface area contributed by atoms with Gasteiger partial charge in [-0.2, -0.15) is 0 Å². The van der Waals surface area contributed by atoms with Crippen LogP contribution < -0.4 is 10.6 Å². The minimum atomic E-state index is -1.06. The zero-order chi connectivity index (χ0) is 15.8. The van der Waals surface area contributed by atoms with Crippen LogP contribution in [0.3, 0.4) is 0 Å². The van der Waals surface area contributed by atoms with E-state index in [2.05, 4.69) is 10.6 Å². The molecule has 0 rings (SSSR count). The van der Waals surface area contributed by atoms with Crippen molar-refractivity contribution in [1.82, 2.24) is 10.6 Å². The Kier molecular flexibility index (Phi) is 7.64. The highest BCUT2D eigenvalue weighted by atomic mass is 16.6. The van der Waals surface area contributed by atoms with E-state index in [-0.39, 0.29) is 5.91 Å². The number of carboxylic acids is 1. The number of carbonyl (C=O) groups excluding carboxylic acids is 2. The molecular formula is C13H24N2O5. The molecule has 0 radical (unpaired) electrons. The second-order valence-corrected chi connectivity index (χ2v) is 5.52. The van der Waals surface area contributed by atoms with Crippen LogP contribution >= 0.6 is 0 Å².